The second kappa shape index (κ2) is 36.9. The average Bonchev–Trinajstić information content (AvgIpc) is 3.43. The van der Waals surface area contributed by atoms with Gasteiger partial charge >= 0.3 is 134 Å². The molecule has 1 heterocycles. The Bertz CT molecular complexity index is 937. The molecule has 5 fully saturated rings. The minimum Gasteiger partial charge on any atom is -0.693 e. The summed E-state index contributed by atoms with van der Waals surface area (Å²) in [7, 11) is 9.75. The van der Waals surface area contributed by atoms with Gasteiger partial charge in [-0.1, -0.05) is 38.5 Å². The van der Waals surface area contributed by atoms with Crippen molar-refractivity contribution < 1.29 is 139 Å². The molecule has 20 nitrogen and oxygen atoms in total. The summed E-state index contributed by atoms with van der Waals surface area (Å²) >= 11 is -0.472. The van der Waals surface area contributed by atoms with Crippen LogP contribution in [0.3, 0.4) is 0 Å². The Kier molecular flexibility index (Phi) is 48.6. The van der Waals surface area contributed by atoms with E-state index in [0.29, 0.717) is 31.8 Å². The summed E-state index contributed by atoms with van der Waals surface area (Å²) in [5.41, 5.74) is 17.2. The molecule has 5 aliphatic rings. The van der Waals surface area contributed by atoms with Crippen LogP contribution in [0, 0.1) is 16.2 Å². The largest absolute Gasteiger partial charge is 2.00 e. The summed E-state index contributed by atoms with van der Waals surface area (Å²) in [6.07, 6.45) is 10.4. The molecule has 1 saturated heterocycles. The normalized spacial score (nSPS) is 21.7. The Morgan fingerprint density at radius 2 is 0.764 bits per heavy atom. The van der Waals surface area contributed by atoms with Crippen molar-refractivity contribution in [3.8, 4) is 0 Å². The van der Waals surface area contributed by atoms with Gasteiger partial charge in [0.15, 0.2) is 16.2 Å². The third-order valence-electron chi connectivity index (χ3n) is 9.16. The van der Waals surface area contributed by atoms with Crippen molar-refractivity contribution in [3.63, 3.8) is 0 Å². The zero-order chi connectivity index (χ0) is 37.1. The molecule has 0 bridgehead atoms. The van der Waals surface area contributed by atoms with E-state index in [1.165, 1.54) is 19.3 Å². The van der Waals surface area contributed by atoms with Crippen LogP contribution in [-0.2, 0) is 108 Å². The van der Waals surface area contributed by atoms with E-state index >= 15 is 0 Å². The molecular formula is C29H54Cl2N8O12Pt4. The molecule has 0 radical (unpaired) electrons. The SMILES string of the molecule is O=C(O)C1(C(=O)O)CCC1.O=C(O)C1(C(=O)O)CCC1.O=C(O)C1(C(=O)O)CCC1.[Cl][Pt+2][Cl].[NH-]C[C@@H]1CCC[N-]1.[NH-][C@H]1CCCC[C@@H]1[NH-].[NH2-].[NH2-].[NH2-].[NH2-].[Pt+2].[Pt+2].[Pt+2]. The summed E-state index contributed by atoms with van der Waals surface area (Å²) in [6, 6.07) is 0.229. The molecule has 55 heavy (non-hydrogen) atoms. The van der Waals surface area contributed by atoms with Gasteiger partial charge in [0.05, 0.1) is 0 Å². The number of carboxylic acid groups (broad SMARTS) is 6. The molecule has 4 saturated carbocycles. The molecule has 336 valence electrons. The first-order valence-electron chi connectivity index (χ1n) is 15.4. The number of hydrogen-bond acceptors (Lipinski definition) is 6. The number of hydrogen-bond donors (Lipinski definition) is 6. The molecule has 1 aliphatic heterocycles. The van der Waals surface area contributed by atoms with Gasteiger partial charge in [0.25, 0.3) is 0 Å². The smallest absolute Gasteiger partial charge is 0.693 e. The quantitative estimate of drug-likeness (QED) is 0.130. The van der Waals surface area contributed by atoms with Crippen molar-refractivity contribution in [2.75, 3.05) is 13.1 Å². The van der Waals surface area contributed by atoms with Gasteiger partial charge in [-0.25, -0.2) is 0 Å². The Hall–Kier alpha value is -0.167. The van der Waals surface area contributed by atoms with E-state index in [1.807, 2.05) is 0 Å². The summed E-state index contributed by atoms with van der Waals surface area (Å²) < 4.78 is 0. The number of nitrogens with two attached hydrogens (primary N) is 4. The Morgan fingerprint density at radius 1 is 0.527 bits per heavy atom. The van der Waals surface area contributed by atoms with Gasteiger partial charge in [0, 0.05) is 0 Å². The zero-order valence-corrected chi connectivity index (χ0v) is 40.3. The van der Waals surface area contributed by atoms with Crippen molar-refractivity contribution in [2.24, 2.45) is 16.2 Å². The average molecular weight is 1560 g/mol. The van der Waals surface area contributed by atoms with Crippen molar-refractivity contribution in [3.05, 3.63) is 47.1 Å². The number of rotatable bonds is 7. The molecule has 3 atom stereocenters. The number of nitrogens with zero attached hydrogens (tertiary/aromatic N) is 1. The maximum atomic E-state index is 10.4. The van der Waals surface area contributed by atoms with Crippen molar-refractivity contribution in [2.45, 2.75) is 114 Å². The Morgan fingerprint density at radius 3 is 0.836 bits per heavy atom. The van der Waals surface area contributed by atoms with Crippen LogP contribution in [0.15, 0.2) is 0 Å². The van der Waals surface area contributed by atoms with Gasteiger partial charge in [0.1, 0.15) is 0 Å². The second-order valence-electron chi connectivity index (χ2n) is 12.1. The fourth-order valence-electron chi connectivity index (χ4n) is 5.14. The molecule has 17 N–H and O–H groups in total. The van der Waals surface area contributed by atoms with Crippen molar-refractivity contribution in [1.29, 1.82) is 0 Å². The first-order chi connectivity index (χ1) is 22.4. The van der Waals surface area contributed by atoms with Gasteiger partial charge in [-0.15, -0.1) is 6.54 Å². The van der Waals surface area contributed by atoms with Gasteiger partial charge in [-0.05, 0) is 57.8 Å². The fourth-order valence-corrected chi connectivity index (χ4v) is 5.14. The van der Waals surface area contributed by atoms with Crippen LogP contribution in [0.25, 0.3) is 47.1 Å². The standard InChI is InChI=1S/C6H12N2.3C6H8O4.C5H10N2.2ClH.4H2N.4Pt/c7-5-3-1-2-4-6(5)8;3*7-4(8)6(5(9)10)2-1-3-6;6-4-5-2-1-3-7-5;;;;;;;;;;/h5-8H,1-4H2;3*1-3H2,(H,7,8)(H,9,10);5-6H,1-4H2;2*1H;4*1H2;;;;/q-2;;;;-2;;;4*-1;3*+2;+4/p-2/t5-,6-;;;;5-;;;;;;;;;;/m0...0........../s1. The number of carboxylic acids is 6. The molecule has 0 aromatic rings. The number of carbonyl (C=O) groups is 6. The minimum absolute atomic E-state index is 0. The van der Waals surface area contributed by atoms with Gasteiger partial charge in [-0.3, -0.25) is 28.8 Å². The van der Waals surface area contributed by atoms with Crippen LogP contribution < -0.4 is 0 Å². The van der Waals surface area contributed by atoms with Crippen LogP contribution in [-0.4, -0.2) is 97.7 Å². The minimum atomic E-state index is -1.44. The number of aliphatic carboxylic acids is 6. The van der Waals surface area contributed by atoms with E-state index in [-0.39, 0.29) is 138 Å². The summed E-state index contributed by atoms with van der Waals surface area (Å²) in [5.74, 6) is -7.22. The molecular weight excluding hydrogens is 1500 g/mol. The molecule has 4 aliphatic carbocycles. The van der Waals surface area contributed by atoms with E-state index in [0.717, 1.165) is 25.8 Å². The topological polar surface area (TPSA) is 443 Å². The van der Waals surface area contributed by atoms with Crippen LogP contribution in [0.2, 0.25) is 0 Å². The van der Waals surface area contributed by atoms with Crippen molar-refractivity contribution in [1.82, 2.24) is 0 Å². The van der Waals surface area contributed by atoms with Gasteiger partial charge in [0.2, 0.25) is 0 Å². The first kappa shape index (κ1) is 72.4. The van der Waals surface area contributed by atoms with E-state index < -0.39 is 68.5 Å². The van der Waals surface area contributed by atoms with E-state index in [4.69, 9.17) is 66.7 Å². The maximum absolute atomic E-state index is 10.4. The van der Waals surface area contributed by atoms with Gasteiger partial charge in [-0.2, -0.15) is 24.7 Å². The fraction of sp³-hybridized carbons (Fsp3) is 0.793. The Labute approximate surface area is 381 Å². The summed E-state index contributed by atoms with van der Waals surface area (Å²) in [6.45, 7) is 1.50. The molecule has 5 rings (SSSR count). The number of halogens is 2. The number of nitrogens with one attached hydrogen (secondary N) is 3. The van der Waals surface area contributed by atoms with Crippen LogP contribution in [0.1, 0.15) is 96.3 Å². The third kappa shape index (κ3) is 22.7. The molecule has 0 spiro atoms. The summed E-state index contributed by atoms with van der Waals surface area (Å²) in [5, 5.41) is 55.0. The van der Waals surface area contributed by atoms with E-state index in [1.54, 1.807) is 0 Å². The van der Waals surface area contributed by atoms with Crippen LogP contribution >= 0.6 is 18.8 Å². The predicted octanol–water partition coefficient (Wildman–Crippen LogP) is 9.19. The molecule has 0 unspecified atom stereocenters. The zero-order valence-electron chi connectivity index (χ0n) is 29.7. The van der Waals surface area contributed by atoms with E-state index in [2.05, 4.69) is 5.32 Å². The molecule has 0 aromatic carbocycles. The van der Waals surface area contributed by atoms with Crippen LogP contribution in [0.4, 0.5) is 0 Å². The molecule has 0 amide bonds. The second-order valence-corrected chi connectivity index (χ2v) is 15.4. The first-order valence-corrected chi connectivity index (χ1v) is 21.0. The third-order valence-corrected chi connectivity index (χ3v) is 9.16. The monoisotopic (exact) mass is 1560 g/mol. The summed E-state index contributed by atoms with van der Waals surface area (Å²) in [4.78, 5) is 62.2. The molecule has 0 aromatic heterocycles. The Balaban J connectivity index is -0.0000000800. The van der Waals surface area contributed by atoms with Crippen LogP contribution in [0.5, 0.6) is 0 Å². The predicted molar refractivity (Wildman–Crippen MR) is 193 cm³/mol. The maximum Gasteiger partial charge on any atom is 2.00 e. The van der Waals surface area contributed by atoms with E-state index in [9.17, 15) is 28.8 Å². The molecule has 26 heteroatoms. The van der Waals surface area contributed by atoms with Crippen molar-refractivity contribution >= 4 is 54.7 Å². The van der Waals surface area contributed by atoms with Gasteiger partial charge < -0.3 is 77.8 Å².